The summed E-state index contributed by atoms with van der Waals surface area (Å²) in [5, 5.41) is 29.7. The highest BCUT2D eigenvalue weighted by Crippen LogP contribution is 2.37. The van der Waals surface area contributed by atoms with E-state index in [4.69, 9.17) is 9.52 Å². The van der Waals surface area contributed by atoms with Crippen LogP contribution >= 0.6 is 0 Å². The van der Waals surface area contributed by atoms with E-state index in [0.29, 0.717) is 17.3 Å². The predicted molar refractivity (Wildman–Crippen MR) is 128 cm³/mol. The number of carboxylic acid groups (broad SMARTS) is 1. The molecular formula is C25H22N4O5. The molecule has 1 aromatic heterocycles. The Hall–Kier alpha value is -4.40. The topological polar surface area (TPSA) is 128 Å². The number of aromatic hydroxyl groups is 1. The average molecular weight is 458 g/mol. The Morgan fingerprint density at radius 3 is 2.82 bits per heavy atom. The number of anilines is 2. The summed E-state index contributed by atoms with van der Waals surface area (Å²) >= 11 is 0. The molecule has 3 aromatic rings. The molecule has 5 rings (SSSR count). The van der Waals surface area contributed by atoms with Crippen LogP contribution in [0.2, 0.25) is 0 Å². The Labute approximate surface area is 195 Å². The summed E-state index contributed by atoms with van der Waals surface area (Å²) in [4.78, 5) is 24.1. The van der Waals surface area contributed by atoms with E-state index in [2.05, 4.69) is 22.6 Å². The van der Waals surface area contributed by atoms with E-state index >= 15 is 0 Å². The third-order valence-corrected chi connectivity index (χ3v) is 6.15. The second kappa shape index (κ2) is 8.18. The summed E-state index contributed by atoms with van der Waals surface area (Å²) in [5.41, 5.74) is 7.06. The van der Waals surface area contributed by atoms with Gasteiger partial charge in [-0.3, -0.25) is 10.2 Å². The highest BCUT2D eigenvalue weighted by atomic mass is 16.4. The molecule has 0 fully saturated rings. The monoisotopic (exact) mass is 458 g/mol. The molecule has 1 amide bonds. The van der Waals surface area contributed by atoms with E-state index in [1.54, 1.807) is 25.1 Å². The van der Waals surface area contributed by atoms with Crippen molar-refractivity contribution in [3.8, 4) is 17.1 Å². The maximum Gasteiger partial charge on any atom is 0.371 e. The van der Waals surface area contributed by atoms with Crippen molar-refractivity contribution in [1.82, 2.24) is 0 Å². The summed E-state index contributed by atoms with van der Waals surface area (Å²) in [6, 6.07) is 13.5. The third kappa shape index (κ3) is 3.61. The van der Waals surface area contributed by atoms with Crippen molar-refractivity contribution in [2.24, 2.45) is 10.2 Å². The summed E-state index contributed by atoms with van der Waals surface area (Å²) in [6.07, 6.45) is 2.14. The third-order valence-electron chi connectivity index (χ3n) is 6.15. The van der Waals surface area contributed by atoms with Crippen LogP contribution < -0.4 is 10.4 Å². The first-order chi connectivity index (χ1) is 16.3. The normalized spacial score (nSPS) is 18.4. The van der Waals surface area contributed by atoms with Crippen molar-refractivity contribution < 1.29 is 24.2 Å². The van der Waals surface area contributed by atoms with E-state index in [9.17, 15) is 14.7 Å². The molecule has 34 heavy (non-hydrogen) atoms. The lowest BCUT2D eigenvalue weighted by molar-refractivity contribution is -0.112. The summed E-state index contributed by atoms with van der Waals surface area (Å²) < 4.78 is 5.28. The molecule has 0 bridgehead atoms. The molecule has 1 aliphatic heterocycles. The Bertz CT molecular complexity index is 1390. The molecule has 0 radical (unpaired) electrons. The number of fused-ring (bicyclic) bond motifs is 1. The Morgan fingerprint density at radius 2 is 2.06 bits per heavy atom. The molecule has 9 nitrogen and oxygen atoms in total. The van der Waals surface area contributed by atoms with E-state index in [1.807, 2.05) is 18.2 Å². The lowest BCUT2D eigenvalue weighted by Crippen LogP contribution is -2.28. The minimum atomic E-state index is -1.21. The van der Waals surface area contributed by atoms with Crippen molar-refractivity contribution >= 4 is 34.7 Å². The zero-order chi connectivity index (χ0) is 24.0. The van der Waals surface area contributed by atoms with Crippen molar-refractivity contribution in [3.05, 3.63) is 65.4 Å². The highest BCUT2D eigenvalue weighted by Gasteiger charge is 2.32. The minimum Gasteiger partial charge on any atom is -0.505 e. The highest BCUT2D eigenvalue weighted by molar-refractivity contribution is 6.71. The van der Waals surface area contributed by atoms with Crippen LogP contribution in [0.25, 0.3) is 11.3 Å². The number of furan rings is 1. The molecule has 3 N–H and O–H groups in total. The predicted octanol–water partition coefficient (Wildman–Crippen LogP) is 4.59. The summed E-state index contributed by atoms with van der Waals surface area (Å²) in [5.74, 6) is -1.37. The largest absolute Gasteiger partial charge is 0.505 e. The number of phenols is 1. The molecule has 1 atom stereocenters. The maximum absolute atomic E-state index is 13.1. The quantitative estimate of drug-likeness (QED) is 0.379. The van der Waals surface area contributed by atoms with Crippen LogP contribution in [0.15, 0.2) is 63.2 Å². The van der Waals surface area contributed by atoms with Gasteiger partial charge in [-0.25, -0.2) is 4.79 Å². The average Bonchev–Trinajstić information content (AvgIpc) is 3.52. The number of aromatic carboxylic acids is 1. The van der Waals surface area contributed by atoms with Crippen molar-refractivity contribution in [2.75, 3.05) is 10.4 Å². The van der Waals surface area contributed by atoms with Crippen molar-refractivity contribution in [2.45, 2.75) is 32.6 Å². The number of benzene rings is 2. The van der Waals surface area contributed by atoms with Crippen LogP contribution in [0.1, 0.15) is 47.9 Å². The number of nitrogens with one attached hydrogen (secondary N) is 1. The number of amides is 1. The van der Waals surface area contributed by atoms with Gasteiger partial charge in [0.15, 0.2) is 11.5 Å². The molecule has 9 heteroatoms. The smallest absolute Gasteiger partial charge is 0.371 e. The number of aryl methyl sites for hydroxylation is 1. The number of carboxylic acids is 1. The van der Waals surface area contributed by atoms with Crippen LogP contribution in [0.3, 0.4) is 0 Å². The Morgan fingerprint density at radius 1 is 1.24 bits per heavy atom. The molecule has 2 aliphatic rings. The zero-order valence-electron chi connectivity index (χ0n) is 18.6. The van der Waals surface area contributed by atoms with Crippen LogP contribution in [0, 0.1) is 0 Å². The second-order valence-corrected chi connectivity index (χ2v) is 8.37. The lowest BCUT2D eigenvalue weighted by Gasteiger charge is -2.14. The van der Waals surface area contributed by atoms with Gasteiger partial charge in [0.1, 0.15) is 5.76 Å². The molecular weight excluding hydrogens is 436 g/mol. The van der Waals surface area contributed by atoms with Gasteiger partial charge in [0.25, 0.3) is 0 Å². The number of rotatable bonds is 5. The zero-order valence-corrected chi connectivity index (χ0v) is 18.6. The van der Waals surface area contributed by atoms with Gasteiger partial charge in [-0.2, -0.15) is 15.2 Å². The van der Waals surface area contributed by atoms with Gasteiger partial charge in [0.2, 0.25) is 5.76 Å². The number of para-hydroxylation sites is 1. The van der Waals surface area contributed by atoms with Crippen molar-refractivity contribution in [1.29, 1.82) is 0 Å². The van der Waals surface area contributed by atoms with Gasteiger partial charge in [0.05, 0.1) is 22.6 Å². The molecule has 0 spiro atoms. The van der Waals surface area contributed by atoms with E-state index in [-0.39, 0.29) is 40.1 Å². The van der Waals surface area contributed by atoms with Crippen LogP contribution in [0.5, 0.6) is 5.75 Å². The Balaban J connectivity index is 1.39. The van der Waals surface area contributed by atoms with Crippen LogP contribution in [-0.4, -0.2) is 33.5 Å². The van der Waals surface area contributed by atoms with Crippen LogP contribution in [-0.2, 0) is 11.2 Å². The van der Waals surface area contributed by atoms with Gasteiger partial charge >= 0.3 is 11.9 Å². The summed E-state index contributed by atoms with van der Waals surface area (Å²) in [7, 11) is 0. The fourth-order valence-electron chi connectivity index (χ4n) is 4.28. The molecule has 1 aliphatic carbocycles. The van der Waals surface area contributed by atoms with Gasteiger partial charge in [-0.1, -0.05) is 19.1 Å². The van der Waals surface area contributed by atoms with E-state index < -0.39 is 5.97 Å². The first-order valence-corrected chi connectivity index (χ1v) is 10.9. The van der Waals surface area contributed by atoms with Gasteiger partial charge < -0.3 is 14.6 Å². The van der Waals surface area contributed by atoms with Gasteiger partial charge in [-0.05, 0) is 73.2 Å². The number of hydrazone groups is 2. The number of carbonyl (C=O) groups excluding carboxylic acids is 1. The first-order valence-electron chi connectivity index (χ1n) is 10.9. The fourth-order valence-corrected chi connectivity index (χ4v) is 4.28. The molecule has 172 valence electrons. The van der Waals surface area contributed by atoms with Gasteiger partial charge in [0, 0.05) is 0 Å². The lowest BCUT2D eigenvalue weighted by atomic mass is 10.0. The maximum atomic E-state index is 13.1. The number of hydrogen-bond acceptors (Lipinski definition) is 7. The first kappa shape index (κ1) is 21.4. The van der Waals surface area contributed by atoms with E-state index in [0.717, 1.165) is 12.8 Å². The number of nitrogens with zero attached hydrogens (tertiary/aromatic N) is 3. The standard InChI is InChI=1S/C25H22N4O5/c1-13-6-7-15-8-9-16(12-18(13)15)29-24(31)22(14(2)28-29)27-26-19-5-3-4-17(23(19)30)20-10-11-21(34-20)25(32)33/h3-5,8-13,26,30H,6-7H2,1-2H3,(H,32,33)/b27-22-. The molecule has 2 aromatic carbocycles. The molecule has 1 unspecified atom stereocenters. The molecule has 2 heterocycles. The Kier molecular flexibility index (Phi) is 5.16. The second-order valence-electron chi connectivity index (χ2n) is 8.37. The number of carbonyl (C=O) groups is 2. The molecule has 0 saturated carbocycles. The van der Waals surface area contributed by atoms with Crippen LogP contribution in [0.4, 0.5) is 11.4 Å². The fraction of sp³-hybridized carbons (Fsp3) is 0.200. The molecule has 0 saturated heterocycles. The van der Waals surface area contributed by atoms with E-state index in [1.165, 1.54) is 28.3 Å². The number of hydrogen-bond donors (Lipinski definition) is 3. The minimum absolute atomic E-state index is 0.129. The summed E-state index contributed by atoms with van der Waals surface area (Å²) in [6.45, 7) is 3.87. The number of phenolic OH excluding ortho intramolecular Hbond substituents is 1. The SMILES string of the molecule is CC1=NN(c2ccc3c(c2)C(C)CC3)C(=O)/C1=N\Nc1cccc(-c2ccc(C(=O)O)o2)c1O. The van der Waals surface area contributed by atoms with Crippen molar-refractivity contribution in [3.63, 3.8) is 0 Å². The van der Waals surface area contributed by atoms with Gasteiger partial charge in [-0.15, -0.1) is 0 Å².